The normalized spacial score (nSPS) is 12.4. The molecule has 0 saturated heterocycles. The van der Waals surface area contributed by atoms with Crippen LogP contribution in [-0.2, 0) is 9.53 Å². The van der Waals surface area contributed by atoms with Crippen LogP contribution in [0.3, 0.4) is 0 Å². The van der Waals surface area contributed by atoms with Crippen molar-refractivity contribution in [1.29, 1.82) is 0 Å². The van der Waals surface area contributed by atoms with Crippen LogP contribution in [0.1, 0.15) is 17.9 Å². The average Bonchev–Trinajstić information content (AvgIpc) is 2.18. The summed E-state index contributed by atoms with van der Waals surface area (Å²) in [5, 5.41) is 0. The van der Waals surface area contributed by atoms with Gasteiger partial charge in [0.15, 0.2) is 0 Å². The number of hydrogen-bond donors (Lipinski definition) is 1. The quantitative estimate of drug-likeness (QED) is 0.766. The Hall–Kier alpha value is -1.35. The Morgan fingerprint density at radius 3 is 2.57 bits per heavy atom. The van der Waals surface area contributed by atoms with E-state index in [1.165, 1.54) is 0 Å². The van der Waals surface area contributed by atoms with E-state index in [2.05, 4.69) is 0 Å². The van der Waals surface area contributed by atoms with Gasteiger partial charge in [0.2, 0.25) is 5.91 Å². The summed E-state index contributed by atoms with van der Waals surface area (Å²) in [7, 11) is 1.62. The molecule has 0 bridgehead atoms. The van der Waals surface area contributed by atoms with Gasteiger partial charge in [-0.05, 0) is 5.56 Å². The summed E-state index contributed by atoms with van der Waals surface area (Å²) in [5.41, 5.74) is 6.26. The van der Waals surface area contributed by atoms with Crippen molar-refractivity contribution < 1.29 is 9.53 Å². The number of nitrogens with two attached hydrogens (primary N) is 1. The monoisotopic (exact) mass is 193 g/mol. The van der Waals surface area contributed by atoms with E-state index in [9.17, 15) is 4.79 Å². The minimum Gasteiger partial charge on any atom is -0.384 e. The van der Waals surface area contributed by atoms with Crippen LogP contribution >= 0.6 is 0 Å². The number of carbonyl (C=O) groups is 1. The minimum atomic E-state index is -0.295. The molecule has 0 aliphatic heterocycles. The number of methoxy groups -OCH3 is 1. The van der Waals surface area contributed by atoms with Gasteiger partial charge in [-0.1, -0.05) is 30.3 Å². The predicted octanol–water partition coefficient (Wildman–Crippen LogP) is 1.29. The molecule has 1 rings (SSSR count). The van der Waals surface area contributed by atoms with Crippen LogP contribution in [-0.4, -0.2) is 19.6 Å². The zero-order valence-electron chi connectivity index (χ0n) is 8.27. The van der Waals surface area contributed by atoms with E-state index in [0.717, 1.165) is 5.56 Å². The van der Waals surface area contributed by atoms with Crippen molar-refractivity contribution >= 4 is 5.91 Å². The fourth-order valence-corrected chi connectivity index (χ4v) is 1.44. The van der Waals surface area contributed by atoms with E-state index in [1.807, 2.05) is 30.3 Å². The second kappa shape index (κ2) is 5.40. The van der Waals surface area contributed by atoms with E-state index in [4.69, 9.17) is 10.5 Å². The van der Waals surface area contributed by atoms with E-state index in [0.29, 0.717) is 13.0 Å². The molecule has 3 nitrogen and oxygen atoms in total. The second-order valence-corrected chi connectivity index (χ2v) is 3.23. The SMILES string of the molecule is COCC(CC(N)=O)c1ccccc1. The van der Waals surface area contributed by atoms with Gasteiger partial charge in [0.05, 0.1) is 6.61 Å². The van der Waals surface area contributed by atoms with Crippen molar-refractivity contribution in [3.8, 4) is 0 Å². The number of benzene rings is 1. The molecule has 0 aromatic heterocycles. The van der Waals surface area contributed by atoms with Crippen LogP contribution in [0.25, 0.3) is 0 Å². The van der Waals surface area contributed by atoms with Gasteiger partial charge in [0.1, 0.15) is 0 Å². The summed E-state index contributed by atoms with van der Waals surface area (Å²) in [6.45, 7) is 0.521. The van der Waals surface area contributed by atoms with Crippen molar-refractivity contribution in [3.63, 3.8) is 0 Å². The number of rotatable bonds is 5. The lowest BCUT2D eigenvalue weighted by molar-refractivity contribution is -0.118. The number of primary amides is 1. The fourth-order valence-electron chi connectivity index (χ4n) is 1.44. The summed E-state index contributed by atoms with van der Waals surface area (Å²) in [6, 6.07) is 9.79. The van der Waals surface area contributed by atoms with Gasteiger partial charge in [-0.2, -0.15) is 0 Å². The van der Waals surface area contributed by atoms with Crippen LogP contribution < -0.4 is 5.73 Å². The molecule has 0 saturated carbocycles. The van der Waals surface area contributed by atoms with E-state index < -0.39 is 0 Å². The third-order valence-electron chi connectivity index (χ3n) is 2.09. The van der Waals surface area contributed by atoms with Crippen LogP contribution in [0.2, 0.25) is 0 Å². The van der Waals surface area contributed by atoms with Crippen LogP contribution in [0.15, 0.2) is 30.3 Å². The highest BCUT2D eigenvalue weighted by molar-refractivity contribution is 5.74. The van der Waals surface area contributed by atoms with Gasteiger partial charge in [-0.15, -0.1) is 0 Å². The summed E-state index contributed by atoms with van der Waals surface area (Å²) < 4.78 is 5.05. The summed E-state index contributed by atoms with van der Waals surface area (Å²) in [5.74, 6) is -0.227. The Balaban J connectivity index is 2.72. The first-order valence-electron chi connectivity index (χ1n) is 4.56. The van der Waals surface area contributed by atoms with E-state index >= 15 is 0 Å². The first-order valence-corrected chi connectivity index (χ1v) is 4.56. The molecule has 1 aromatic carbocycles. The lowest BCUT2D eigenvalue weighted by Crippen LogP contribution is -2.18. The Morgan fingerprint density at radius 1 is 1.43 bits per heavy atom. The summed E-state index contributed by atoms with van der Waals surface area (Å²) in [6.07, 6.45) is 0.331. The number of hydrogen-bond acceptors (Lipinski definition) is 2. The number of amides is 1. The summed E-state index contributed by atoms with van der Waals surface area (Å²) in [4.78, 5) is 10.8. The molecule has 3 heteroatoms. The molecule has 0 heterocycles. The highest BCUT2D eigenvalue weighted by Gasteiger charge is 2.13. The molecule has 1 amide bonds. The van der Waals surface area contributed by atoms with Crippen LogP contribution in [0.5, 0.6) is 0 Å². The molecule has 76 valence electrons. The zero-order valence-corrected chi connectivity index (χ0v) is 8.27. The van der Waals surface area contributed by atoms with E-state index in [-0.39, 0.29) is 11.8 Å². The van der Waals surface area contributed by atoms with Gasteiger partial charge >= 0.3 is 0 Å². The maximum Gasteiger partial charge on any atom is 0.218 e. The van der Waals surface area contributed by atoms with Gasteiger partial charge in [0, 0.05) is 19.4 Å². The summed E-state index contributed by atoms with van der Waals surface area (Å²) >= 11 is 0. The Labute approximate surface area is 83.9 Å². The third-order valence-corrected chi connectivity index (χ3v) is 2.09. The molecular weight excluding hydrogens is 178 g/mol. The molecule has 0 aliphatic carbocycles. The number of carbonyl (C=O) groups excluding carboxylic acids is 1. The molecule has 0 radical (unpaired) electrons. The maximum absolute atomic E-state index is 10.8. The van der Waals surface area contributed by atoms with Crippen molar-refractivity contribution in [1.82, 2.24) is 0 Å². The Morgan fingerprint density at radius 2 is 2.07 bits per heavy atom. The second-order valence-electron chi connectivity index (χ2n) is 3.23. The highest BCUT2D eigenvalue weighted by atomic mass is 16.5. The molecule has 1 aromatic rings. The van der Waals surface area contributed by atoms with Crippen LogP contribution in [0, 0.1) is 0 Å². The molecule has 14 heavy (non-hydrogen) atoms. The molecule has 2 N–H and O–H groups in total. The standard InChI is InChI=1S/C11H15NO2/c1-14-8-10(7-11(12)13)9-5-3-2-4-6-9/h2-6,10H,7-8H2,1H3,(H2,12,13). The van der Waals surface area contributed by atoms with Crippen molar-refractivity contribution in [2.24, 2.45) is 5.73 Å². The molecule has 0 aliphatic rings. The number of ether oxygens (including phenoxy) is 1. The molecule has 1 unspecified atom stereocenters. The first kappa shape index (κ1) is 10.7. The predicted molar refractivity (Wildman–Crippen MR) is 54.9 cm³/mol. The smallest absolute Gasteiger partial charge is 0.218 e. The average molecular weight is 193 g/mol. The molecular formula is C11H15NO2. The molecule has 0 spiro atoms. The third kappa shape index (κ3) is 3.18. The zero-order chi connectivity index (χ0) is 10.4. The van der Waals surface area contributed by atoms with Crippen LogP contribution in [0.4, 0.5) is 0 Å². The van der Waals surface area contributed by atoms with Gasteiger partial charge in [-0.25, -0.2) is 0 Å². The van der Waals surface area contributed by atoms with Crippen molar-refractivity contribution in [2.45, 2.75) is 12.3 Å². The minimum absolute atomic E-state index is 0.0682. The van der Waals surface area contributed by atoms with Gasteiger partial charge in [0.25, 0.3) is 0 Å². The van der Waals surface area contributed by atoms with E-state index in [1.54, 1.807) is 7.11 Å². The Kier molecular flexibility index (Phi) is 4.13. The maximum atomic E-state index is 10.8. The molecule has 1 atom stereocenters. The topological polar surface area (TPSA) is 52.3 Å². The van der Waals surface area contributed by atoms with Crippen molar-refractivity contribution in [3.05, 3.63) is 35.9 Å². The first-order chi connectivity index (χ1) is 6.74. The molecule has 0 fully saturated rings. The fraction of sp³-hybridized carbons (Fsp3) is 0.364. The van der Waals surface area contributed by atoms with Crippen molar-refractivity contribution in [2.75, 3.05) is 13.7 Å². The van der Waals surface area contributed by atoms with Gasteiger partial charge < -0.3 is 10.5 Å². The largest absolute Gasteiger partial charge is 0.384 e. The lowest BCUT2D eigenvalue weighted by Gasteiger charge is -2.14. The lowest BCUT2D eigenvalue weighted by atomic mass is 9.96. The highest BCUT2D eigenvalue weighted by Crippen LogP contribution is 2.18. The van der Waals surface area contributed by atoms with Gasteiger partial charge in [-0.3, -0.25) is 4.79 Å². The Bertz CT molecular complexity index is 285.